The molecule has 0 heterocycles. The molecule has 0 aliphatic heterocycles. The van der Waals surface area contributed by atoms with Crippen LogP contribution in [0.5, 0.6) is 0 Å². The highest BCUT2D eigenvalue weighted by atomic mass is 19.4. The summed E-state index contributed by atoms with van der Waals surface area (Å²) in [6.45, 7) is 1.78. The van der Waals surface area contributed by atoms with Crippen molar-refractivity contribution >= 4 is 0 Å². The second-order valence-electron chi connectivity index (χ2n) is 3.56. The minimum absolute atomic E-state index is 0.652. The fourth-order valence-electron chi connectivity index (χ4n) is 1.25. The summed E-state index contributed by atoms with van der Waals surface area (Å²) in [6.07, 6.45) is -5.17. The Bertz CT molecular complexity index is 194. The highest BCUT2D eigenvalue weighted by molar-refractivity contribution is 5.10. The summed E-state index contributed by atoms with van der Waals surface area (Å²) in [4.78, 5) is 0. The second-order valence-corrected chi connectivity index (χ2v) is 3.56. The Morgan fingerprint density at radius 1 is 1.25 bits per heavy atom. The van der Waals surface area contributed by atoms with E-state index in [1.165, 1.54) is 0 Å². The summed E-state index contributed by atoms with van der Waals surface area (Å²) in [5.41, 5.74) is -1.87. The van der Waals surface area contributed by atoms with Crippen LogP contribution in [0.1, 0.15) is 20.3 Å². The van der Waals surface area contributed by atoms with Crippen LogP contribution in [0.25, 0.3) is 0 Å². The largest absolute Gasteiger partial charge is 0.392 e. The Balaban J connectivity index is 2.75. The van der Waals surface area contributed by atoms with Gasteiger partial charge in [-0.25, -0.2) is 8.78 Å². The average Bonchev–Trinajstić information content (AvgIpc) is 2.30. The molecule has 1 fully saturated rings. The number of hydrogen-bond donors (Lipinski definition) is 0. The lowest BCUT2D eigenvalue weighted by molar-refractivity contribution is -0.195. The molecule has 0 nitrogen and oxygen atoms in total. The van der Waals surface area contributed by atoms with Crippen molar-refractivity contribution in [3.05, 3.63) is 0 Å². The third-order valence-corrected chi connectivity index (χ3v) is 2.75. The lowest BCUT2D eigenvalue weighted by Crippen LogP contribution is -2.30. The van der Waals surface area contributed by atoms with Gasteiger partial charge in [0.15, 0.2) is 0 Å². The fourth-order valence-corrected chi connectivity index (χ4v) is 1.25. The normalized spacial score (nSPS) is 36.2. The molecule has 0 saturated heterocycles. The van der Waals surface area contributed by atoms with E-state index in [0.29, 0.717) is 0 Å². The third-order valence-electron chi connectivity index (χ3n) is 2.75. The van der Waals surface area contributed by atoms with E-state index in [4.69, 9.17) is 0 Å². The summed E-state index contributed by atoms with van der Waals surface area (Å²) >= 11 is 0. The SMILES string of the molecule is CC(C(F)(F)F)C1(C)CC1(F)F. The van der Waals surface area contributed by atoms with E-state index in [2.05, 4.69) is 0 Å². The molecule has 0 aromatic carbocycles. The smallest absolute Gasteiger partial charge is 0.206 e. The fraction of sp³-hybridized carbons (Fsp3) is 1.00. The zero-order chi connectivity index (χ0) is 9.78. The summed E-state index contributed by atoms with van der Waals surface area (Å²) in [6, 6.07) is 0. The minimum atomic E-state index is -4.52. The quantitative estimate of drug-likeness (QED) is 0.554. The van der Waals surface area contributed by atoms with Crippen LogP contribution in [0.15, 0.2) is 0 Å². The maximum Gasteiger partial charge on any atom is 0.392 e. The standard InChI is InChI=1S/C7H9F5/c1-4(7(10,11)12)5(2)3-6(5,8)9/h4H,3H2,1-2H3. The molecule has 2 atom stereocenters. The molecule has 2 unspecified atom stereocenters. The van der Waals surface area contributed by atoms with Crippen molar-refractivity contribution in [1.82, 2.24) is 0 Å². The summed E-state index contributed by atoms with van der Waals surface area (Å²) in [5, 5.41) is 0. The van der Waals surface area contributed by atoms with E-state index in [-0.39, 0.29) is 0 Å². The lowest BCUT2D eigenvalue weighted by Gasteiger charge is -2.22. The molecule has 0 spiro atoms. The molecule has 0 amide bonds. The van der Waals surface area contributed by atoms with Gasteiger partial charge >= 0.3 is 6.18 Å². The second kappa shape index (κ2) is 2.12. The molecule has 1 saturated carbocycles. The molecule has 5 heteroatoms. The average molecular weight is 188 g/mol. The molecule has 12 heavy (non-hydrogen) atoms. The Kier molecular flexibility index (Phi) is 1.72. The van der Waals surface area contributed by atoms with Gasteiger partial charge in [0.1, 0.15) is 0 Å². The van der Waals surface area contributed by atoms with Crippen molar-refractivity contribution in [1.29, 1.82) is 0 Å². The van der Waals surface area contributed by atoms with Crippen LogP contribution < -0.4 is 0 Å². The molecule has 0 aromatic rings. The first-order chi connectivity index (χ1) is 5.11. The Hall–Kier alpha value is -0.350. The highest BCUT2D eigenvalue weighted by Crippen LogP contribution is 2.66. The number of hydrogen-bond acceptors (Lipinski definition) is 0. The predicted molar refractivity (Wildman–Crippen MR) is 32.9 cm³/mol. The van der Waals surface area contributed by atoms with E-state index in [0.717, 1.165) is 13.8 Å². The van der Waals surface area contributed by atoms with E-state index >= 15 is 0 Å². The van der Waals surface area contributed by atoms with Gasteiger partial charge in [-0.2, -0.15) is 13.2 Å². The molecule has 1 aliphatic rings. The first-order valence-electron chi connectivity index (χ1n) is 3.56. The zero-order valence-corrected chi connectivity index (χ0v) is 6.67. The number of halogens is 5. The molecule has 1 aliphatic carbocycles. The van der Waals surface area contributed by atoms with Crippen molar-refractivity contribution in [2.75, 3.05) is 0 Å². The zero-order valence-electron chi connectivity index (χ0n) is 6.67. The monoisotopic (exact) mass is 188 g/mol. The summed E-state index contributed by atoms with van der Waals surface area (Å²) < 4.78 is 60.9. The van der Waals surface area contributed by atoms with Crippen molar-refractivity contribution in [2.24, 2.45) is 11.3 Å². The van der Waals surface area contributed by atoms with Gasteiger partial charge in [-0.15, -0.1) is 0 Å². The lowest BCUT2D eigenvalue weighted by atomic mass is 9.91. The van der Waals surface area contributed by atoms with E-state index in [1.54, 1.807) is 0 Å². The van der Waals surface area contributed by atoms with Gasteiger partial charge in [0, 0.05) is 11.8 Å². The topological polar surface area (TPSA) is 0 Å². The van der Waals surface area contributed by atoms with Crippen LogP contribution in [0.3, 0.4) is 0 Å². The molecular formula is C7H9F5. The molecule has 0 bridgehead atoms. The summed E-state index contributed by atoms with van der Waals surface area (Å²) in [7, 11) is 0. The maximum absolute atomic E-state index is 12.5. The number of rotatable bonds is 1. The first kappa shape index (κ1) is 9.74. The van der Waals surface area contributed by atoms with Gasteiger partial charge < -0.3 is 0 Å². The third kappa shape index (κ3) is 1.19. The van der Waals surface area contributed by atoms with Crippen LogP contribution in [-0.2, 0) is 0 Å². The first-order valence-corrected chi connectivity index (χ1v) is 3.56. The van der Waals surface area contributed by atoms with Crippen molar-refractivity contribution in [3.63, 3.8) is 0 Å². The van der Waals surface area contributed by atoms with Gasteiger partial charge in [-0.05, 0) is 0 Å². The van der Waals surface area contributed by atoms with E-state index in [1.807, 2.05) is 0 Å². The molecule has 0 aromatic heterocycles. The van der Waals surface area contributed by atoms with E-state index < -0.39 is 29.9 Å². The molecule has 1 rings (SSSR count). The Morgan fingerprint density at radius 3 is 1.67 bits per heavy atom. The van der Waals surface area contributed by atoms with Crippen LogP contribution in [0, 0.1) is 11.3 Å². The minimum Gasteiger partial charge on any atom is -0.206 e. The van der Waals surface area contributed by atoms with Crippen LogP contribution >= 0.6 is 0 Å². The predicted octanol–water partition coefficient (Wildman–Crippen LogP) is 3.23. The van der Waals surface area contributed by atoms with Crippen molar-refractivity contribution in [2.45, 2.75) is 32.4 Å². The maximum atomic E-state index is 12.5. The van der Waals surface area contributed by atoms with Crippen LogP contribution in [0.4, 0.5) is 22.0 Å². The molecule has 0 radical (unpaired) electrons. The summed E-state index contributed by atoms with van der Waals surface area (Å²) in [5.74, 6) is -5.07. The van der Waals surface area contributed by atoms with Gasteiger partial charge in [0.05, 0.1) is 5.92 Å². The highest BCUT2D eigenvalue weighted by Gasteiger charge is 2.74. The van der Waals surface area contributed by atoms with Gasteiger partial charge in [-0.3, -0.25) is 0 Å². The van der Waals surface area contributed by atoms with Crippen molar-refractivity contribution in [3.8, 4) is 0 Å². The van der Waals surface area contributed by atoms with Crippen LogP contribution in [-0.4, -0.2) is 12.1 Å². The molecule has 72 valence electrons. The van der Waals surface area contributed by atoms with Gasteiger partial charge in [-0.1, -0.05) is 13.8 Å². The van der Waals surface area contributed by atoms with Gasteiger partial charge in [0.2, 0.25) is 0 Å². The molecular weight excluding hydrogens is 179 g/mol. The number of alkyl halides is 5. The Labute approximate surface area is 66.8 Å². The van der Waals surface area contributed by atoms with E-state index in [9.17, 15) is 22.0 Å². The molecule has 0 N–H and O–H groups in total. The van der Waals surface area contributed by atoms with Crippen LogP contribution in [0.2, 0.25) is 0 Å². The van der Waals surface area contributed by atoms with Gasteiger partial charge in [0.25, 0.3) is 5.92 Å². The Morgan fingerprint density at radius 2 is 1.58 bits per heavy atom. The van der Waals surface area contributed by atoms with Crippen molar-refractivity contribution < 1.29 is 22.0 Å².